The number of rotatable bonds is 10. The molecule has 135 heavy (non-hydrogen) atoms. The summed E-state index contributed by atoms with van der Waals surface area (Å²) in [6.07, 6.45) is -28.7. The molecule has 0 amide bonds. The van der Waals surface area contributed by atoms with E-state index in [1.807, 2.05) is 0 Å². The minimum atomic E-state index is -4.23. The Morgan fingerprint density at radius 1 is 0.326 bits per heavy atom. The number of phenols is 25. The van der Waals surface area contributed by atoms with Crippen molar-refractivity contribution in [3.63, 3.8) is 0 Å². The van der Waals surface area contributed by atoms with Crippen LogP contribution >= 0.6 is 0 Å². The molecule has 0 radical (unpaired) electrons. The second-order valence-corrected chi connectivity index (χ2v) is 29.9. The molecule has 0 spiro atoms. The van der Waals surface area contributed by atoms with Crippen molar-refractivity contribution >= 4 is 65.5 Å². The molecule has 0 unspecified atom stereocenters. The van der Waals surface area contributed by atoms with Gasteiger partial charge in [-0.15, -0.1) is 0 Å². The van der Waals surface area contributed by atoms with Crippen molar-refractivity contribution in [3.8, 4) is 183 Å². The van der Waals surface area contributed by atoms with Crippen LogP contribution in [0.4, 0.5) is 0 Å². The topological polar surface area (TPSA) is 883 Å². The number of carbonyl (C=O) groups excluding carboxylic acids is 11. The average molecular weight is 1890 g/mol. The van der Waals surface area contributed by atoms with E-state index in [-0.39, 0.29) is 30.3 Å². The number of hydrogen-bond acceptors (Lipinski definition) is 53. The lowest BCUT2D eigenvalue weighted by atomic mass is 9.74. The van der Waals surface area contributed by atoms with Gasteiger partial charge in [-0.3, -0.25) is 4.79 Å². The smallest absolute Gasteiger partial charge is 0.342 e. The number of aliphatic hydroxyl groups is 3. The number of carbonyl (C=O) groups is 11. The molecule has 12 atom stereocenters. The zero-order valence-corrected chi connectivity index (χ0v) is 66.0. The molecule has 9 aromatic rings. The summed E-state index contributed by atoms with van der Waals surface area (Å²) in [6.45, 7) is -3.32. The van der Waals surface area contributed by atoms with Crippen molar-refractivity contribution < 1.29 is 262 Å². The van der Waals surface area contributed by atoms with Gasteiger partial charge < -0.3 is 209 Å². The third-order valence-corrected chi connectivity index (χ3v) is 21.9. The highest BCUT2D eigenvalue weighted by atomic mass is 16.8. The van der Waals surface area contributed by atoms with Crippen molar-refractivity contribution in [2.24, 2.45) is 0 Å². The standard InChI is InChI=1S/C82H56O53/c83-26-1-16(2-27(84)47(26)95)69(109)127-62-38-14-122-72(112)19-7-32(89)50(98)56(104)41(19)42-20(8-33(90)51(99)57(42)105)74(114)129-65(62)68(80(125-38)134-71(111)18-5-30(87)49(97)31(88)6-18)132-78(118)25-11-35(92)53(101)60(108)61(25)124-37-12-23-44(59(107)55(37)103)43-21(9-34(91)52(100)58(43)106)75(115)130-66-63-39(15-123-73(23)113)126-79(133-70(110)17-3-28(85)48(96)29(86)4-17)67(66)131-76(116)22-10-36(93)54(102)64-45(22)46-24(77(117)128-63)13-40(94)81(119,120)82(46,121)135-64/h1-13,38-39,46,62-63,65-68,79-80,83-93,95-108,119-121H,14-15H2/t38-,39-,46+,62-,63-,65+,66+,67-,68-,79+,80+,82-/m1/s1. The number of phenolic OH excluding ortho intramolecular Hbond substituents is 25. The van der Waals surface area contributed by atoms with Crippen LogP contribution in [-0.4, -0.2) is 295 Å². The molecule has 1 aliphatic carbocycles. The number of benzene rings is 9. The Morgan fingerprint density at radius 2 is 0.689 bits per heavy atom. The fourth-order valence-corrected chi connectivity index (χ4v) is 15.4. The van der Waals surface area contributed by atoms with Gasteiger partial charge in [0.2, 0.25) is 70.8 Å². The van der Waals surface area contributed by atoms with E-state index in [1.54, 1.807) is 0 Å². The van der Waals surface area contributed by atoms with Crippen molar-refractivity contribution in [2.45, 2.75) is 78.9 Å². The summed E-state index contributed by atoms with van der Waals surface area (Å²) in [5.41, 5.74) is -19.9. The number of hydrogen-bond donors (Lipinski definition) is 28. The van der Waals surface area contributed by atoms with Crippen LogP contribution < -0.4 is 9.47 Å². The highest BCUT2D eigenvalue weighted by Crippen LogP contribution is 2.62. The number of ether oxygens (including phenoxy) is 14. The van der Waals surface area contributed by atoms with E-state index in [2.05, 4.69) is 0 Å². The molecular formula is C82H56O53. The third-order valence-electron chi connectivity index (χ3n) is 21.9. The minimum absolute atomic E-state index is 0.0394. The lowest BCUT2D eigenvalue weighted by Crippen LogP contribution is -2.66. The van der Waals surface area contributed by atoms with Gasteiger partial charge in [-0.05, 0) is 66.7 Å². The van der Waals surface area contributed by atoms with Crippen LogP contribution in [0.2, 0.25) is 0 Å². The molecule has 53 heteroatoms. The van der Waals surface area contributed by atoms with Crippen LogP contribution in [0.5, 0.6) is 161 Å². The first kappa shape index (κ1) is 89.9. The molecule has 0 aromatic heterocycles. The minimum Gasteiger partial charge on any atom is -0.504 e. The molecular weight excluding hydrogens is 1830 g/mol. The number of aromatic hydroxyl groups is 25. The maximum absolute atomic E-state index is 15.7. The molecule has 7 aliphatic rings. The van der Waals surface area contributed by atoms with E-state index >= 15 is 28.8 Å². The molecule has 9 aromatic carbocycles. The van der Waals surface area contributed by atoms with Gasteiger partial charge in [-0.2, -0.15) is 0 Å². The lowest BCUT2D eigenvalue weighted by molar-refractivity contribution is -0.323. The van der Waals surface area contributed by atoms with Gasteiger partial charge in [0.05, 0.1) is 56.0 Å². The first-order valence-electron chi connectivity index (χ1n) is 37.6. The second-order valence-electron chi connectivity index (χ2n) is 29.9. The summed E-state index contributed by atoms with van der Waals surface area (Å²) in [4.78, 5) is 164. The summed E-state index contributed by atoms with van der Waals surface area (Å²) in [7, 11) is 0. The van der Waals surface area contributed by atoms with Crippen LogP contribution in [0.1, 0.15) is 105 Å². The van der Waals surface area contributed by atoms with Crippen molar-refractivity contribution in [2.75, 3.05) is 13.2 Å². The fraction of sp³-hybridized carbons (Fsp3) is 0.183. The van der Waals surface area contributed by atoms with Crippen LogP contribution in [-0.2, 0) is 66.4 Å². The van der Waals surface area contributed by atoms with E-state index in [4.69, 9.17) is 66.3 Å². The molecule has 0 saturated carbocycles. The maximum atomic E-state index is 15.7. The number of esters is 10. The number of cyclic esters (lactones) is 2. The molecule has 6 heterocycles. The van der Waals surface area contributed by atoms with Crippen LogP contribution in [0.3, 0.4) is 0 Å². The van der Waals surface area contributed by atoms with Crippen LogP contribution in [0, 0.1) is 0 Å². The number of ketones is 1. The summed E-state index contributed by atoms with van der Waals surface area (Å²) < 4.78 is 80.2. The molecule has 6 aliphatic heterocycles. The predicted molar refractivity (Wildman–Crippen MR) is 411 cm³/mol. The van der Waals surface area contributed by atoms with Gasteiger partial charge in [0.1, 0.15) is 31.0 Å². The SMILES string of the molecule is O=C1O[C@H]2[C@@H]3OC(=O)c4cc(O)c(O)c(O)c4-c4c(cc(Oc5c(C(=O)O[C@H]6[C@H](OC(=O)c7cc(O)c(O)c(O)c7)O[C@@H]7COC(=O)c8cc(O)c(O)c(O)c8-c8c(cc(O)c(O)c8O)C(=O)O[C@H]6[C@@H]7OC(=O)c6cc(O)c(O)c(O)c6)cc(O)c(O)c5O)c(O)c4O)C(=O)OC[C@H]2O[C@@H](OC(=O)c2cc(O)c(O)c(O)c2)[C@@H]3OC(=O)c2cc(O)c(O)c3c2[C@@H]2C1=CC(=O)C(O)(O)[C@]2(O)O3. The maximum Gasteiger partial charge on any atom is 0.342 e. The highest BCUT2D eigenvalue weighted by Gasteiger charge is 2.71. The van der Waals surface area contributed by atoms with Crippen LogP contribution in [0.25, 0.3) is 22.3 Å². The Labute approximate surface area is 740 Å². The molecule has 2 saturated heterocycles. The summed E-state index contributed by atoms with van der Waals surface area (Å²) in [5, 5.41) is 311. The van der Waals surface area contributed by atoms with Gasteiger partial charge in [-0.25, -0.2) is 47.9 Å². The molecule has 53 nitrogen and oxygen atoms in total. The summed E-state index contributed by atoms with van der Waals surface area (Å²) >= 11 is 0. The monoisotopic (exact) mass is 1890 g/mol. The van der Waals surface area contributed by atoms with Gasteiger partial charge in [0.25, 0.3) is 11.6 Å². The second kappa shape index (κ2) is 32.0. The first-order valence-corrected chi connectivity index (χ1v) is 37.6. The molecule has 16 rings (SSSR count). The van der Waals surface area contributed by atoms with Crippen molar-refractivity contribution in [1.29, 1.82) is 0 Å². The Kier molecular flexibility index (Phi) is 21.3. The Morgan fingerprint density at radius 3 is 1.18 bits per heavy atom. The molecule has 28 N–H and O–H groups in total. The highest BCUT2D eigenvalue weighted by molar-refractivity contribution is 6.12. The zero-order valence-electron chi connectivity index (χ0n) is 66.0. The van der Waals surface area contributed by atoms with E-state index in [0.29, 0.717) is 48.5 Å². The molecule has 6 bridgehead atoms. The largest absolute Gasteiger partial charge is 0.504 e. The Bertz CT molecular complexity index is 6790. The average Bonchev–Trinajstić information content (AvgIpc) is 1.53. The van der Waals surface area contributed by atoms with E-state index in [0.717, 1.165) is 0 Å². The molecule has 702 valence electrons. The van der Waals surface area contributed by atoms with Gasteiger partial charge in [-0.1, -0.05) is 0 Å². The van der Waals surface area contributed by atoms with E-state index in [1.165, 1.54) is 0 Å². The Balaban J connectivity index is 0.846. The van der Waals surface area contributed by atoms with Crippen molar-refractivity contribution in [1.82, 2.24) is 0 Å². The normalized spacial score (nSPS) is 22.5. The summed E-state index contributed by atoms with van der Waals surface area (Å²) in [6, 6.07) is 3.47. The van der Waals surface area contributed by atoms with E-state index < -0.39 is 402 Å². The third kappa shape index (κ3) is 14.4. The quantitative estimate of drug-likeness (QED) is 0.0392. The number of fused-ring (bicyclic) bond motifs is 8. The van der Waals surface area contributed by atoms with Crippen LogP contribution in [0.15, 0.2) is 84.4 Å². The van der Waals surface area contributed by atoms with E-state index in [9.17, 15) is 167 Å². The zero-order chi connectivity index (χ0) is 98.0. The Hall–Kier alpha value is -18.5. The van der Waals surface area contributed by atoms with Gasteiger partial charge >= 0.3 is 59.7 Å². The predicted octanol–water partition coefficient (Wildman–Crippen LogP) is 0.965. The summed E-state index contributed by atoms with van der Waals surface area (Å²) in [5.74, 6) is -76.8. The van der Waals surface area contributed by atoms with Gasteiger partial charge in [0.15, 0.2) is 145 Å². The van der Waals surface area contributed by atoms with Crippen molar-refractivity contribution in [3.05, 3.63) is 140 Å². The lowest BCUT2D eigenvalue weighted by Gasteiger charge is -2.44. The first-order chi connectivity index (χ1) is 63.4. The fourth-order valence-electron chi connectivity index (χ4n) is 15.4. The van der Waals surface area contributed by atoms with Gasteiger partial charge in [0, 0.05) is 39.9 Å². The molecule has 2 fully saturated rings.